The number of nitrogens with one attached hydrogen (secondary N) is 1. The van der Waals surface area contributed by atoms with Gasteiger partial charge in [0.1, 0.15) is 6.10 Å². The third kappa shape index (κ3) is 4.39. The van der Waals surface area contributed by atoms with Crippen LogP contribution >= 0.6 is 12.4 Å². The van der Waals surface area contributed by atoms with Crippen LogP contribution < -0.4 is 11.1 Å². The highest BCUT2D eigenvalue weighted by Crippen LogP contribution is 2.25. The fraction of sp³-hybridized carbons (Fsp3) is 0.250. The minimum atomic E-state index is -0.375. The van der Waals surface area contributed by atoms with Crippen molar-refractivity contribution in [3.05, 3.63) is 54.1 Å². The van der Waals surface area contributed by atoms with E-state index in [9.17, 15) is 4.79 Å². The molecule has 1 aromatic heterocycles. The topological polar surface area (TPSA) is 103 Å². The van der Waals surface area contributed by atoms with Gasteiger partial charge in [0.15, 0.2) is 0 Å². The van der Waals surface area contributed by atoms with E-state index in [2.05, 4.69) is 15.5 Å². The number of halogens is 1. The fourth-order valence-electron chi connectivity index (χ4n) is 2.99. The Morgan fingerprint density at radius 1 is 1.18 bits per heavy atom. The van der Waals surface area contributed by atoms with Gasteiger partial charge in [-0.1, -0.05) is 35.5 Å². The summed E-state index contributed by atoms with van der Waals surface area (Å²) in [4.78, 5) is 16.7. The van der Waals surface area contributed by atoms with E-state index in [4.69, 9.17) is 15.0 Å². The maximum atomic E-state index is 12.2. The molecule has 3 N–H and O–H groups in total. The molecule has 1 unspecified atom stereocenters. The largest absolute Gasteiger partial charge is 0.368 e. The van der Waals surface area contributed by atoms with Gasteiger partial charge in [0.25, 0.3) is 11.8 Å². The molecule has 0 bridgehead atoms. The van der Waals surface area contributed by atoms with Gasteiger partial charge in [-0.2, -0.15) is 4.98 Å². The van der Waals surface area contributed by atoms with E-state index in [1.165, 1.54) is 0 Å². The zero-order valence-corrected chi connectivity index (χ0v) is 15.9. The number of aromatic nitrogens is 2. The van der Waals surface area contributed by atoms with E-state index in [-0.39, 0.29) is 24.4 Å². The van der Waals surface area contributed by atoms with Crippen molar-refractivity contribution in [1.82, 2.24) is 10.1 Å². The van der Waals surface area contributed by atoms with Gasteiger partial charge in [-0.25, -0.2) is 0 Å². The Kier molecular flexibility index (Phi) is 6.41. The number of hydrogen-bond acceptors (Lipinski definition) is 6. The van der Waals surface area contributed by atoms with Crippen molar-refractivity contribution in [2.45, 2.75) is 25.5 Å². The van der Waals surface area contributed by atoms with Crippen LogP contribution in [-0.4, -0.2) is 28.8 Å². The Hall–Kier alpha value is -2.74. The average molecular weight is 401 g/mol. The van der Waals surface area contributed by atoms with Gasteiger partial charge >= 0.3 is 0 Å². The summed E-state index contributed by atoms with van der Waals surface area (Å²) in [6.07, 6.45) is 1.29. The lowest BCUT2D eigenvalue weighted by Gasteiger charge is -2.10. The first-order valence-corrected chi connectivity index (χ1v) is 8.89. The average Bonchev–Trinajstić information content (AvgIpc) is 3.40. The molecule has 1 aliphatic heterocycles. The number of carbonyl (C=O) groups is 1. The first kappa shape index (κ1) is 20.0. The summed E-state index contributed by atoms with van der Waals surface area (Å²) in [5.41, 5.74) is 8.91. The van der Waals surface area contributed by atoms with Crippen LogP contribution in [0.4, 0.5) is 5.69 Å². The standard InChI is InChI=1S/C20H20N4O3.ClH/c21-12-13-6-8-14(9-7-13)18-23-20(27-24-18)15-3-1-4-16(11-15)22-19(25)17-5-2-10-26-17;/h1,3-4,6-9,11,17H,2,5,10,12,21H2,(H,22,25);1H. The Labute approximate surface area is 168 Å². The van der Waals surface area contributed by atoms with Crippen molar-refractivity contribution in [2.24, 2.45) is 5.73 Å². The number of nitrogens with two attached hydrogens (primary N) is 1. The molecule has 1 atom stereocenters. The molecule has 1 saturated heterocycles. The molecule has 0 saturated carbocycles. The van der Waals surface area contributed by atoms with E-state index in [0.717, 1.165) is 29.5 Å². The van der Waals surface area contributed by atoms with Crippen LogP contribution in [0.5, 0.6) is 0 Å². The number of carbonyl (C=O) groups excluding carboxylic acids is 1. The minimum absolute atomic E-state index is 0. The summed E-state index contributed by atoms with van der Waals surface area (Å²) < 4.78 is 10.8. The maximum absolute atomic E-state index is 12.2. The molecule has 1 aliphatic rings. The number of amides is 1. The van der Waals surface area contributed by atoms with Gasteiger partial charge in [0.05, 0.1) is 0 Å². The molecule has 7 nitrogen and oxygen atoms in total. The van der Waals surface area contributed by atoms with Crippen LogP contribution in [0.25, 0.3) is 22.8 Å². The molecule has 0 spiro atoms. The number of ether oxygens (including phenoxy) is 1. The van der Waals surface area contributed by atoms with Crippen LogP contribution in [-0.2, 0) is 16.1 Å². The molecule has 2 aromatic carbocycles. The quantitative estimate of drug-likeness (QED) is 0.680. The van der Waals surface area contributed by atoms with E-state index in [1.54, 1.807) is 0 Å². The van der Waals surface area contributed by atoms with E-state index >= 15 is 0 Å². The Morgan fingerprint density at radius 3 is 2.71 bits per heavy atom. The summed E-state index contributed by atoms with van der Waals surface area (Å²) in [6.45, 7) is 1.12. The monoisotopic (exact) mass is 400 g/mol. The van der Waals surface area contributed by atoms with Crippen LogP contribution in [0.1, 0.15) is 18.4 Å². The molecular formula is C20H21ClN4O3. The highest BCUT2D eigenvalue weighted by atomic mass is 35.5. The number of hydrogen-bond donors (Lipinski definition) is 2. The van der Waals surface area contributed by atoms with Crippen LogP contribution in [0, 0.1) is 0 Å². The van der Waals surface area contributed by atoms with Crippen molar-refractivity contribution in [3.63, 3.8) is 0 Å². The molecule has 8 heteroatoms. The zero-order valence-electron chi connectivity index (χ0n) is 15.1. The highest BCUT2D eigenvalue weighted by Gasteiger charge is 2.23. The van der Waals surface area contributed by atoms with Gasteiger partial charge in [0.2, 0.25) is 5.82 Å². The lowest BCUT2D eigenvalue weighted by atomic mass is 10.1. The SMILES string of the molecule is Cl.NCc1ccc(-c2noc(-c3cccc(NC(=O)C4CCCO4)c3)n2)cc1. The Morgan fingerprint density at radius 2 is 2.00 bits per heavy atom. The number of nitrogens with zero attached hydrogens (tertiary/aromatic N) is 2. The second kappa shape index (κ2) is 8.97. The van der Waals surface area contributed by atoms with E-state index < -0.39 is 0 Å². The summed E-state index contributed by atoms with van der Waals surface area (Å²) >= 11 is 0. The molecule has 1 fully saturated rings. The van der Waals surface area contributed by atoms with Gasteiger partial charge < -0.3 is 20.3 Å². The molecule has 4 rings (SSSR count). The maximum Gasteiger partial charge on any atom is 0.258 e. The molecular weight excluding hydrogens is 380 g/mol. The first-order valence-electron chi connectivity index (χ1n) is 8.89. The number of anilines is 1. The van der Waals surface area contributed by atoms with Gasteiger partial charge in [-0.3, -0.25) is 4.79 Å². The molecule has 3 aromatic rings. The van der Waals surface area contributed by atoms with Crippen LogP contribution in [0.2, 0.25) is 0 Å². The first-order chi connectivity index (χ1) is 13.2. The van der Waals surface area contributed by atoms with E-state index in [1.807, 2.05) is 48.5 Å². The van der Waals surface area contributed by atoms with Gasteiger partial charge in [-0.05, 0) is 36.6 Å². The predicted octanol–water partition coefficient (Wildman–Crippen LogP) is 3.40. The third-order valence-electron chi connectivity index (χ3n) is 4.47. The fourth-order valence-corrected chi connectivity index (χ4v) is 2.99. The van der Waals surface area contributed by atoms with Crippen molar-refractivity contribution < 1.29 is 14.1 Å². The Balaban J connectivity index is 0.00000225. The third-order valence-corrected chi connectivity index (χ3v) is 4.47. The predicted molar refractivity (Wildman–Crippen MR) is 108 cm³/mol. The van der Waals surface area contributed by atoms with Gasteiger partial charge in [0, 0.05) is 30.0 Å². The minimum Gasteiger partial charge on any atom is -0.368 e. The summed E-state index contributed by atoms with van der Waals surface area (Å²) in [5.74, 6) is 0.763. The van der Waals surface area contributed by atoms with E-state index in [0.29, 0.717) is 30.6 Å². The normalized spacial score (nSPS) is 15.8. The van der Waals surface area contributed by atoms with Gasteiger partial charge in [-0.15, -0.1) is 12.4 Å². The van der Waals surface area contributed by atoms with Crippen molar-refractivity contribution in [2.75, 3.05) is 11.9 Å². The van der Waals surface area contributed by atoms with Crippen molar-refractivity contribution in [1.29, 1.82) is 0 Å². The molecule has 0 radical (unpaired) electrons. The van der Waals surface area contributed by atoms with Crippen LogP contribution in [0.3, 0.4) is 0 Å². The highest BCUT2D eigenvalue weighted by molar-refractivity contribution is 5.94. The lowest BCUT2D eigenvalue weighted by Crippen LogP contribution is -2.26. The number of rotatable bonds is 5. The summed E-state index contributed by atoms with van der Waals surface area (Å²) in [7, 11) is 0. The lowest BCUT2D eigenvalue weighted by molar-refractivity contribution is -0.124. The Bertz CT molecular complexity index is 937. The molecule has 1 amide bonds. The summed E-state index contributed by atoms with van der Waals surface area (Å²) in [5, 5.41) is 6.93. The summed E-state index contributed by atoms with van der Waals surface area (Å²) in [6, 6.07) is 15.0. The molecule has 2 heterocycles. The molecule has 28 heavy (non-hydrogen) atoms. The molecule has 146 valence electrons. The zero-order chi connectivity index (χ0) is 18.6. The molecule has 0 aliphatic carbocycles. The second-order valence-corrected chi connectivity index (χ2v) is 6.40. The second-order valence-electron chi connectivity index (χ2n) is 6.40. The smallest absolute Gasteiger partial charge is 0.258 e. The van der Waals surface area contributed by atoms with Crippen molar-refractivity contribution >= 4 is 24.0 Å². The van der Waals surface area contributed by atoms with Crippen LogP contribution in [0.15, 0.2) is 53.1 Å². The van der Waals surface area contributed by atoms with Crippen molar-refractivity contribution in [3.8, 4) is 22.8 Å². The number of benzene rings is 2.